The zero-order valence-electron chi connectivity index (χ0n) is 14.2. The van der Waals surface area contributed by atoms with Gasteiger partial charge < -0.3 is 15.3 Å². The summed E-state index contributed by atoms with van der Waals surface area (Å²) in [5.41, 5.74) is 0.116. The molecule has 1 aliphatic rings. The number of nitrogens with zero attached hydrogens (tertiary/aromatic N) is 2. The number of amides is 2. The lowest BCUT2D eigenvalue weighted by atomic mass is 9.96. The summed E-state index contributed by atoms with van der Waals surface area (Å²) >= 11 is 1.30. The quantitative estimate of drug-likeness (QED) is 0.862. The lowest BCUT2D eigenvalue weighted by Crippen LogP contribution is -2.41. The van der Waals surface area contributed by atoms with Gasteiger partial charge in [-0.25, -0.2) is 4.98 Å². The van der Waals surface area contributed by atoms with Crippen molar-refractivity contribution in [2.75, 3.05) is 18.4 Å². The van der Waals surface area contributed by atoms with Crippen molar-refractivity contribution in [3.63, 3.8) is 0 Å². The van der Waals surface area contributed by atoms with Gasteiger partial charge in [0.05, 0.1) is 18.0 Å². The molecule has 132 valence electrons. The first kappa shape index (κ1) is 18.4. The first-order chi connectivity index (χ1) is 11.2. The summed E-state index contributed by atoms with van der Waals surface area (Å²) in [7, 11) is 0. The van der Waals surface area contributed by atoms with Crippen LogP contribution in [-0.4, -0.2) is 45.9 Å². The fraction of sp³-hybridized carbons (Fsp3) is 0.625. The highest BCUT2D eigenvalue weighted by Gasteiger charge is 2.27. The second-order valence-electron chi connectivity index (χ2n) is 7.02. The van der Waals surface area contributed by atoms with Crippen LogP contribution in [0.1, 0.15) is 39.3 Å². The molecule has 1 aromatic heterocycles. The van der Waals surface area contributed by atoms with Gasteiger partial charge in [-0.2, -0.15) is 0 Å². The van der Waals surface area contributed by atoms with Crippen molar-refractivity contribution >= 4 is 34.3 Å². The molecule has 2 N–H and O–H groups in total. The maximum absolute atomic E-state index is 12.3. The number of hydrogen-bond donors (Lipinski definition) is 2. The molecular formula is C16H23N3O4S. The summed E-state index contributed by atoms with van der Waals surface area (Å²) in [5, 5.41) is 14.0. The summed E-state index contributed by atoms with van der Waals surface area (Å²) < 4.78 is 0. The number of rotatable bonds is 4. The van der Waals surface area contributed by atoms with Crippen LogP contribution in [0.15, 0.2) is 5.38 Å². The molecule has 7 nitrogen and oxygen atoms in total. The molecule has 0 spiro atoms. The highest BCUT2D eigenvalue weighted by molar-refractivity contribution is 7.13. The van der Waals surface area contributed by atoms with Crippen molar-refractivity contribution in [3.05, 3.63) is 11.1 Å². The van der Waals surface area contributed by atoms with Gasteiger partial charge in [-0.1, -0.05) is 20.8 Å². The number of carbonyl (C=O) groups is 3. The Bertz CT molecular complexity index is 628. The van der Waals surface area contributed by atoms with Crippen molar-refractivity contribution in [1.29, 1.82) is 0 Å². The number of nitrogens with one attached hydrogen (secondary N) is 1. The molecule has 2 amide bonds. The van der Waals surface area contributed by atoms with Gasteiger partial charge in [0.15, 0.2) is 5.13 Å². The molecule has 1 aliphatic heterocycles. The molecule has 0 atom stereocenters. The average molecular weight is 353 g/mol. The highest BCUT2D eigenvalue weighted by Crippen LogP contribution is 2.22. The molecule has 1 saturated heterocycles. The predicted octanol–water partition coefficient (Wildman–Crippen LogP) is 1.99. The van der Waals surface area contributed by atoms with Gasteiger partial charge in [0, 0.05) is 23.9 Å². The van der Waals surface area contributed by atoms with Gasteiger partial charge in [0.2, 0.25) is 11.8 Å². The molecule has 2 rings (SSSR count). The zero-order valence-corrected chi connectivity index (χ0v) is 15.0. The van der Waals surface area contributed by atoms with Crippen molar-refractivity contribution in [3.8, 4) is 0 Å². The fourth-order valence-electron chi connectivity index (χ4n) is 2.37. The summed E-state index contributed by atoms with van der Waals surface area (Å²) in [5.74, 6) is -1.32. The van der Waals surface area contributed by atoms with Crippen molar-refractivity contribution in [2.24, 2.45) is 11.3 Å². The second kappa shape index (κ2) is 7.29. The Morgan fingerprint density at radius 2 is 1.96 bits per heavy atom. The monoisotopic (exact) mass is 353 g/mol. The Hall–Kier alpha value is -1.96. The lowest BCUT2D eigenvalue weighted by Gasteiger charge is -2.30. The average Bonchev–Trinajstić information content (AvgIpc) is 2.93. The predicted molar refractivity (Wildman–Crippen MR) is 90.8 cm³/mol. The van der Waals surface area contributed by atoms with E-state index >= 15 is 0 Å². The molecular weight excluding hydrogens is 330 g/mol. The Morgan fingerprint density at radius 1 is 1.33 bits per heavy atom. The molecule has 8 heteroatoms. The van der Waals surface area contributed by atoms with E-state index in [2.05, 4.69) is 10.3 Å². The summed E-state index contributed by atoms with van der Waals surface area (Å²) in [4.78, 5) is 41.1. The molecule has 2 heterocycles. The molecule has 1 fully saturated rings. The molecule has 0 saturated carbocycles. The number of aliphatic carboxylic acids is 1. The number of anilines is 1. The smallest absolute Gasteiger partial charge is 0.306 e. The van der Waals surface area contributed by atoms with Gasteiger partial charge in [0.25, 0.3) is 0 Å². The van der Waals surface area contributed by atoms with E-state index < -0.39 is 11.4 Å². The fourth-order valence-corrected chi connectivity index (χ4v) is 3.08. The minimum atomic E-state index is -0.791. The van der Waals surface area contributed by atoms with E-state index in [4.69, 9.17) is 5.11 Å². The summed E-state index contributed by atoms with van der Waals surface area (Å²) in [6, 6.07) is 0. The number of carboxylic acids is 1. The molecule has 1 aromatic rings. The third-order valence-electron chi connectivity index (χ3n) is 3.98. The molecule has 24 heavy (non-hydrogen) atoms. The minimum Gasteiger partial charge on any atom is -0.481 e. The largest absolute Gasteiger partial charge is 0.481 e. The number of aromatic nitrogens is 1. The van der Waals surface area contributed by atoms with Crippen LogP contribution in [-0.2, 0) is 20.8 Å². The number of carbonyl (C=O) groups excluding carboxylic acids is 2. The van der Waals surface area contributed by atoms with Gasteiger partial charge in [-0.05, 0) is 12.8 Å². The summed E-state index contributed by atoms with van der Waals surface area (Å²) in [6.45, 7) is 6.39. The molecule has 0 aromatic carbocycles. The lowest BCUT2D eigenvalue weighted by molar-refractivity contribution is -0.145. The highest BCUT2D eigenvalue weighted by atomic mass is 32.1. The van der Waals surface area contributed by atoms with Crippen LogP contribution in [0.25, 0.3) is 0 Å². The van der Waals surface area contributed by atoms with E-state index in [0.717, 1.165) is 0 Å². The van der Waals surface area contributed by atoms with Crippen LogP contribution in [0.3, 0.4) is 0 Å². The maximum atomic E-state index is 12.3. The third-order valence-corrected chi connectivity index (χ3v) is 4.79. The van der Waals surface area contributed by atoms with E-state index in [1.807, 2.05) is 20.8 Å². The third kappa shape index (κ3) is 4.77. The Kier molecular flexibility index (Phi) is 5.58. The maximum Gasteiger partial charge on any atom is 0.306 e. The van der Waals surface area contributed by atoms with Gasteiger partial charge in [-0.15, -0.1) is 11.3 Å². The molecule has 0 unspecified atom stereocenters. The number of carboxylic acid groups (broad SMARTS) is 1. The molecule has 0 radical (unpaired) electrons. The molecule has 0 aliphatic carbocycles. The first-order valence-electron chi connectivity index (χ1n) is 7.93. The van der Waals surface area contributed by atoms with Crippen LogP contribution < -0.4 is 5.32 Å². The van der Waals surface area contributed by atoms with Gasteiger partial charge in [-0.3, -0.25) is 14.4 Å². The second-order valence-corrected chi connectivity index (χ2v) is 7.88. The van der Waals surface area contributed by atoms with Crippen molar-refractivity contribution in [1.82, 2.24) is 9.88 Å². The summed E-state index contributed by atoms with van der Waals surface area (Å²) in [6.07, 6.45) is 1.15. The number of hydrogen-bond acceptors (Lipinski definition) is 5. The SMILES string of the molecule is CC(C)(C)C(=O)Nc1nc(CC(=O)N2CCC(C(=O)O)CC2)cs1. The Morgan fingerprint density at radius 3 is 2.50 bits per heavy atom. The van der Waals surface area contributed by atoms with Crippen molar-refractivity contribution < 1.29 is 19.5 Å². The minimum absolute atomic E-state index is 0.0576. The standard InChI is InChI=1S/C16H23N3O4S/c1-16(2,3)14(23)18-15-17-11(9-24-15)8-12(20)19-6-4-10(5-7-19)13(21)22/h9-10H,4-8H2,1-3H3,(H,21,22)(H,17,18,23). The Balaban J connectivity index is 1.87. The number of thiazole rings is 1. The normalized spacial score (nSPS) is 16.0. The van der Waals surface area contributed by atoms with Crippen molar-refractivity contribution in [2.45, 2.75) is 40.0 Å². The van der Waals surface area contributed by atoms with E-state index in [1.165, 1.54) is 11.3 Å². The van der Waals surface area contributed by atoms with Gasteiger partial charge >= 0.3 is 5.97 Å². The zero-order chi connectivity index (χ0) is 17.9. The van der Waals surface area contributed by atoms with Crippen LogP contribution in [0, 0.1) is 11.3 Å². The van der Waals surface area contributed by atoms with Crippen LogP contribution >= 0.6 is 11.3 Å². The number of likely N-dealkylation sites (tertiary alicyclic amines) is 1. The Labute approximate surface area is 145 Å². The number of piperidine rings is 1. The first-order valence-corrected chi connectivity index (χ1v) is 8.81. The van der Waals surface area contributed by atoms with Crippen LogP contribution in [0.2, 0.25) is 0 Å². The van der Waals surface area contributed by atoms with E-state index in [1.54, 1.807) is 10.3 Å². The van der Waals surface area contributed by atoms with Crippen LogP contribution in [0.4, 0.5) is 5.13 Å². The van der Waals surface area contributed by atoms with E-state index in [9.17, 15) is 14.4 Å². The van der Waals surface area contributed by atoms with E-state index in [0.29, 0.717) is 36.8 Å². The van der Waals surface area contributed by atoms with Gasteiger partial charge in [0.1, 0.15) is 0 Å². The van der Waals surface area contributed by atoms with E-state index in [-0.39, 0.29) is 24.2 Å². The topological polar surface area (TPSA) is 99.6 Å². The molecule has 0 bridgehead atoms. The van der Waals surface area contributed by atoms with Crippen LogP contribution in [0.5, 0.6) is 0 Å².